The van der Waals surface area contributed by atoms with Crippen molar-refractivity contribution in [2.75, 3.05) is 0 Å². The Bertz CT molecular complexity index is 473. The highest BCUT2D eigenvalue weighted by Gasteiger charge is 2.05. The molecular weight excluding hydrogens is 214 g/mol. The van der Waals surface area contributed by atoms with Gasteiger partial charge in [-0.15, -0.1) is 0 Å². The van der Waals surface area contributed by atoms with Crippen LogP contribution in [0.25, 0.3) is 11.0 Å². The van der Waals surface area contributed by atoms with Gasteiger partial charge in [0.2, 0.25) is 0 Å². The number of halogens is 3. The smallest absolute Gasteiger partial charge is 0.152 e. The lowest BCUT2D eigenvalue weighted by Crippen LogP contribution is -1.88. The Balaban J connectivity index is 2.87. The molecule has 0 bridgehead atoms. The molecule has 1 aromatic heterocycles. The van der Waals surface area contributed by atoms with E-state index >= 15 is 0 Å². The minimum absolute atomic E-state index is 0.136. The molecular formula is C8H3Cl2FN2. The van der Waals surface area contributed by atoms with E-state index in [-0.39, 0.29) is 10.7 Å². The molecule has 5 heteroatoms. The summed E-state index contributed by atoms with van der Waals surface area (Å²) < 4.78 is 13.2. The van der Waals surface area contributed by atoms with Gasteiger partial charge in [-0.2, -0.15) is 0 Å². The van der Waals surface area contributed by atoms with E-state index in [4.69, 9.17) is 23.2 Å². The first-order valence-corrected chi connectivity index (χ1v) is 4.20. The van der Waals surface area contributed by atoms with Gasteiger partial charge in [0.15, 0.2) is 5.82 Å². The third-order valence-electron chi connectivity index (χ3n) is 1.54. The first kappa shape index (κ1) is 8.66. The van der Waals surface area contributed by atoms with E-state index < -0.39 is 5.82 Å². The van der Waals surface area contributed by atoms with Gasteiger partial charge in [0.25, 0.3) is 0 Å². The van der Waals surface area contributed by atoms with Gasteiger partial charge in [0.05, 0.1) is 11.7 Å². The second kappa shape index (κ2) is 3.09. The van der Waals surface area contributed by atoms with Crippen LogP contribution in [0, 0.1) is 5.82 Å². The summed E-state index contributed by atoms with van der Waals surface area (Å²) in [6.07, 6.45) is 1.35. The van der Waals surface area contributed by atoms with Crippen LogP contribution in [0.3, 0.4) is 0 Å². The van der Waals surface area contributed by atoms with Crippen LogP contribution in [-0.4, -0.2) is 9.97 Å². The molecule has 13 heavy (non-hydrogen) atoms. The highest BCUT2D eigenvalue weighted by atomic mass is 35.5. The number of hydrogen-bond donors (Lipinski definition) is 0. The van der Waals surface area contributed by atoms with Crippen LogP contribution in [0.5, 0.6) is 0 Å². The summed E-state index contributed by atoms with van der Waals surface area (Å²) in [4.78, 5) is 7.67. The van der Waals surface area contributed by atoms with Crippen LogP contribution in [0.4, 0.5) is 4.39 Å². The van der Waals surface area contributed by atoms with Gasteiger partial charge in [-0.1, -0.05) is 23.2 Å². The Morgan fingerprint density at radius 3 is 2.77 bits per heavy atom. The highest BCUT2D eigenvalue weighted by molar-refractivity contribution is 6.31. The van der Waals surface area contributed by atoms with E-state index in [1.165, 1.54) is 18.3 Å². The fourth-order valence-corrected chi connectivity index (χ4v) is 1.35. The van der Waals surface area contributed by atoms with Crippen molar-refractivity contribution in [3.05, 3.63) is 34.3 Å². The van der Waals surface area contributed by atoms with Crippen LogP contribution < -0.4 is 0 Å². The summed E-state index contributed by atoms with van der Waals surface area (Å²) >= 11 is 11.2. The fraction of sp³-hybridized carbons (Fsp3) is 0. The third kappa shape index (κ3) is 1.57. The number of hydrogen-bond acceptors (Lipinski definition) is 2. The summed E-state index contributed by atoms with van der Waals surface area (Å²) in [7, 11) is 0. The summed E-state index contributed by atoms with van der Waals surface area (Å²) in [6, 6.07) is 2.71. The molecule has 0 aliphatic heterocycles. The van der Waals surface area contributed by atoms with E-state index in [2.05, 4.69) is 9.97 Å². The normalized spacial score (nSPS) is 10.7. The van der Waals surface area contributed by atoms with Crippen molar-refractivity contribution in [1.29, 1.82) is 0 Å². The van der Waals surface area contributed by atoms with Crippen LogP contribution in [0.1, 0.15) is 0 Å². The predicted octanol–water partition coefficient (Wildman–Crippen LogP) is 3.08. The van der Waals surface area contributed by atoms with Crippen molar-refractivity contribution in [2.24, 2.45) is 0 Å². The first-order valence-electron chi connectivity index (χ1n) is 3.44. The van der Waals surface area contributed by atoms with E-state index in [0.29, 0.717) is 10.5 Å². The molecule has 0 aliphatic rings. The van der Waals surface area contributed by atoms with E-state index in [0.717, 1.165) is 0 Å². The van der Waals surface area contributed by atoms with Crippen molar-refractivity contribution in [3.8, 4) is 0 Å². The maximum Gasteiger partial charge on any atom is 0.152 e. The lowest BCUT2D eigenvalue weighted by molar-refractivity contribution is 0.636. The van der Waals surface area contributed by atoms with Gasteiger partial charge >= 0.3 is 0 Å². The van der Waals surface area contributed by atoms with Gasteiger partial charge in [-0.05, 0) is 12.1 Å². The molecule has 0 spiro atoms. The molecule has 1 aromatic carbocycles. The SMILES string of the molecule is Fc1cc(Cl)cc2ncc(Cl)nc12. The maximum atomic E-state index is 13.2. The Labute approximate surface area is 83.3 Å². The molecule has 0 radical (unpaired) electrons. The Morgan fingerprint density at radius 2 is 2.00 bits per heavy atom. The maximum absolute atomic E-state index is 13.2. The molecule has 0 saturated carbocycles. The minimum atomic E-state index is -0.516. The Hall–Kier alpha value is -0.930. The molecule has 2 nitrogen and oxygen atoms in total. The summed E-state index contributed by atoms with van der Waals surface area (Å²) in [5, 5.41) is 0.454. The zero-order chi connectivity index (χ0) is 9.42. The monoisotopic (exact) mass is 216 g/mol. The first-order chi connectivity index (χ1) is 6.16. The molecule has 0 atom stereocenters. The average molecular weight is 217 g/mol. The van der Waals surface area contributed by atoms with Gasteiger partial charge in [-0.3, -0.25) is 4.98 Å². The second-order valence-corrected chi connectivity index (χ2v) is 3.27. The molecule has 0 amide bonds. The molecule has 0 N–H and O–H groups in total. The Morgan fingerprint density at radius 1 is 1.23 bits per heavy atom. The Kier molecular flexibility index (Phi) is 2.06. The zero-order valence-electron chi connectivity index (χ0n) is 6.26. The van der Waals surface area contributed by atoms with Crippen molar-refractivity contribution in [1.82, 2.24) is 9.97 Å². The lowest BCUT2D eigenvalue weighted by Gasteiger charge is -1.98. The molecule has 0 aliphatic carbocycles. The van der Waals surface area contributed by atoms with Crippen LogP contribution in [0.15, 0.2) is 18.3 Å². The minimum Gasteiger partial charge on any atom is -0.251 e. The standard InChI is InChI=1S/C8H3Cl2FN2/c9-4-1-5(11)8-6(2-4)12-3-7(10)13-8/h1-3H. The van der Waals surface area contributed by atoms with Crippen molar-refractivity contribution in [3.63, 3.8) is 0 Å². The van der Waals surface area contributed by atoms with Crippen molar-refractivity contribution >= 4 is 34.2 Å². The molecule has 1 heterocycles. The molecule has 0 unspecified atom stereocenters. The van der Waals surface area contributed by atoms with Crippen molar-refractivity contribution < 1.29 is 4.39 Å². The van der Waals surface area contributed by atoms with Crippen LogP contribution >= 0.6 is 23.2 Å². The molecule has 2 aromatic rings. The second-order valence-electron chi connectivity index (χ2n) is 2.45. The van der Waals surface area contributed by atoms with Gasteiger partial charge < -0.3 is 0 Å². The topological polar surface area (TPSA) is 25.8 Å². The van der Waals surface area contributed by atoms with Crippen LogP contribution in [0.2, 0.25) is 10.2 Å². The van der Waals surface area contributed by atoms with Crippen LogP contribution in [-0.2, 0) is 0 Å². The quantitative estimate of drug-likeness (QED) is 0.677. The average Bonchev–Trinajstić information content (AvgIpc) is 2.06. The highest BCUT2D eigenvalue weighted by Crippen LogP contribution is 2.20. The number of rotatable bonds is 0. The fourth-order valence-electron chi connectivity index (χ4n) is 1.02. The molecule has 0 saturated heterocycles. The number of aromatic nitrogens is 2. The summed E-state index contributed by atoms with van der Waals surface area (Å²) in [5.74, 6) is -0.516. The molecule has 66 valence electrons. The van der Waals surface area contributed by atoms with Gasteiger partial charge in [0, 0.05) is 5.02 Å². The largest absolute Gasteiger partial charge is 0.251 e. The number of fused-ring (bicyclic) bond motifs is 1. The van der Waals surface area contributed by atoms with E-state index in [9.17, 15) is 4.39 Å². The summed E-state index contributed by atoms with van der Waals surface area (Å²) in [6.45, 7) is 0. The van der Waals surface area contributed by atoms with E-state index in [1.54, 1.807) is 0 Å². The third-order valence-corrected chi connectivity index (χ3v) is 1.94. The number of nitrogens with zero attached hydrogens (tertiary/aromatic N) is 2. The lowest BCUT2D eigenvalue weighted by atomic mass is 10.3. The number of benzene rings is 1. The molecule has 0 fully saturated rings. The van der Waals surface area contributed by atoms with Gasteiger partial charge in [0.1, 0.15) is 10.7 Å². The molecule has 2 rings (SSSR count). The van der Waals surface area contributed by atoms with Crippen molar-refractivity contribution in [2.45, 2.75) is 0 Å². The summed E-state index contributed by atoms with van der Waals surface area (Å²) in [5.41, 5.74) is 0.534. The van der Waals surface area contributed by atoms with Gasteiger partial charge in [-0.25, -0.2) is 9.37 Å². The predicted molar refractivity (Wildman–Crippen MR) is 49.5 cm³/mol. The van der Waals surface area contributed by atoms with E-state index in [1.807, 2.05) is 0 Å². The zero-order valence-corrected chi connectivity index (χ0v) is 7.77.